The number of carbonyl (C=O) groups is 3. The Balaban J connectivity index is 1.62. The summed E-state index contributed by atoms with van der Waals surface area (Å²) >= 11 is 0. The van der Waals surface area contributed by atoms with Gasteiger partial charge in [-0.15, -0.1) is 0 Å². The van der Waals surface area contributed by atoms with Crippen molar-refractivity contribution in [3.63, 3.8) is 0 Å². The fourth-order valence-electron chi connectivity index (χ4n) is 5.27. The van der Waals surface area contributed by atoms with Gasteiger partial charge in [0.25, 0.3) is 11.5 Å². The molecule has 0 unspecified atom stereocenters. The fraction of sp³-hybridized carbons (Fsp3) is 0.286. The van der Waals surface area contributed by atoms with Gasteiger partial charge < -0.3 is 24.7 Å². The molecule has 1 aliphatic rings. The molecule has 3 heterocycles. The number of fused-ring (bicyclic) bond motifs is 3. The largest absolute Gasteiger partial charge is 0.493 e. The van der Waals surface area contributed by atoms with Gasteiger partial charge in [-0.2, -0.15) is 0 Å². The molecule has 10 nitrogen and oxygen atoms in total. The van der Waals surface area contributed by atoms with Crippen LogP contribution >= 0.6 is 0 Å². The number of para-hydroxylation sites is 1. The summed E-state index contributed by atoms with van der Waals surface area (Å²) < 4.78 is 13.9. The van der Waals surface area contributed by atoms with Crippen LogP contribution in [0.2, 0.25) is 0 Å². The van der Waals surface area contributed by atoms with Crippen molar-refractivity contribution in [1.82, 2.24) is 14.0 Å². The molecule has 4 aromatic rings. The van der Waals surface area contributed by atoms with Gasteiger partial charge in [0.1, 0.15) is 11.5 Å². The van der Waals surface area contributed by atoms with E-state index in [1.54, 1.807) is 46.8 Å². The minimum Gasteiger partial charge on any atom is -0.493 e. The van der Waals surface area contributed by atoms with Crippen LogP contribution in [0.4, 0.5) is 4.79 Å². The molecule has 10 heteroatoms. The summed E-state index contributed by atoms with van der Waals surface area (Å²) in [6, 6.07) is 16.1. The number of nitrogens with zero attached hydrogens (tertiary/aromatic N) is 3. The topological polar surface area (TPSA) is 126 Å². The van der Waals surface area contributed by atoms with Crippen molar-refractivity contribution in [2.24, 2.45) is 12.8 Å². The van der Waals surface area contributed by atoms with Crippen molar-refractivity contribution in [2.45, 2.75) is 25.5 Å². The molecule has 2 N–H and O–H groups in total. The van der Waals surface area contributed by atoms with Gasteiger partial charge in [-0.05, 0) is 6.07 Å². The molecule has 1 aliphatic heterocycles. The van der Waals surface area contributed by atoms with Crippen LogP contribution in [0.1, 0.15) is 33.7 Å². The van der Waals surface area contributed by atoms with E-state index in [2.05, 4.69) is 0 Å². The quantitative estimate of drug-likeness (QED) is 0.393. The van der Waals surface area contributed by atoms with Gasteiger partial charge in [0, 0.05) is 43.9 Å². The predicted molar refractivity (Wildman–Crippen MR) is 142 cm³/mol. The van der Waals surface area contributed by atoms with Gasteiger partial charge in [-0.1, -0.05) is 48.5 Å². The van der Waals surface area contributed by atoms with Crippen LogP contribution in [0.5, 0.6) is 5.75 Å². The van der Waals surface area contributed by atoms with Crippen LogP contribution in [-0.4, -0.2) is 58.1 Å². The highest BCUT2D eigenvalue weighted by atomic mass is 16.6. The van der Waals surface area contributed by atoms with E-state index in [0.29, 0.717) is 42.5 Å². The molecule has 0 atom stereocenters. The zero-order chi connectivity index (χ0) is 27.0. The van der Waals surface area contributed by atoms with E-state index in [9.17, 15) is 19.2 Å². The predicted octanol–water partition coefficient (Wildman–Crippen LogP) is 3.08. The van der Waals surface area contributed by atoms with E-state index in [4.69, 9.17) is 15.2 Å². The van der Waals surface area contributed by atoms with Crippen LogP contribution in [0.15, 0.2) is 59.4 Å². The Morgan fingerprint density at radius 3 is 2.32 bits per heavy atom. The number of piperidine rings is 1. The number of pyridine rings is 1. The molecule has 38 heavy (non-hydrogen) atoms. The number of hydrogen-bond acceptors (Lipinski definition) is 6. The van der Waals surface area contributed by atoms with Gasteiger partial charge in [-0.25, -0.2) is 4.79 Å². The second-order valence-electron chi connectivity index (χ2n) is 9.29. The molecule has 0 bridgehead atoms. The van der Waals surface area contributed by atoms with Crippen molar-refractivity contribution in [3.05, 3.63) is 76.2 Å². The number of hydrogen-bond donors (Lipinski definition) is 1. The minimum absolute atomic E-state index is 0.159. The molecule has 0 aliphatic carbocycles. The van der Waals surface area contributed by atoms with Gasteiger partial charge >= 0.3 is 6.09 Å². The smallest absolute Gasteiger partial charge is 0.404 e. The summed E-state index contributed by atoms with van der Waals surface area (Å²) in [6.07, 6.45) is -0.264. The van der Waals surface area contributed by atoms with Crippen molar-refractivity contribution in [1.29, 1.82) is 0 Å². The SMILES string of the molecule is COc1c(C(=O)N2CCC(OC(N)=O)CC2)n(C)c2c1c(=O)n(CC(=O)c1ccccc1)c1ccccc21. The second-order valence-corrected chi connectivity index (χ2v) is 9.29. The first-order chi connectivity index (χ1) is 18.3. The third-order valence-corrected chi connectivity index (χ3v) is 7.07. The average Bonchev–Trinajstić information content (AvgIpc) is 3.23. The molecule has 196 valence electrons. The molecule has 5 rings (SSSR count). The van der Waals surface area contributed by atoms with Gasteiger partial charge in [0.15, 0.2) is 17.2 Å². The molecule has 1 fully saturated rings. The third-order valence-electron chi connectivity index (χ3n) is 7.07. The monoisotopic (exact) mass is 516 g/mol. The van der Waals surface area contributed by atoms with Crippen molar-refractivity contribution < 1.29 is 23.9 Å². The van der Waals surface area contributed by atoms with Crippen molar-refractivity contribution >= 4 is 39.6 Å². The normalized spacial score (nSPS) is 14.1. The molecule has 1 saturated heterocycles. The van der Waals surface area contributed by atoms with Crippen LogP contribution in [0.25, 0.3) is 21.8 Å². The van der Waals surface area contributed by atoms with E-state index < -0.39 is 11.7 Å². The summed E-state index contributed by atoms with van der Waals surface area (Å²) in [6.45, 7) is 0.560. The molecule has 0 radical (unpaired) electrons. The number of Topliss-reactive ketones (excluding diaryl/α,β-unsaturated/α-hetero) is 1. The minimum atomic E-state index is -0.834. The van der Waals surface area contributed by atoms with Gasteiger partial charge in [0.05, 0.1) is 24.7 Å². The molecule has 2 aromatic heterocycles. The molecule has 2 aromatic carbocycles. The Morgan fingerprint density at radius 1 is 1.00 bits per heavy atom. The Labute approximate surface area is 218 Å². The molecule has 0 spiro atoms. The second kappa shape index (κ2) is 10.0. The molecular weight excluding hydrogens is 488 g/mol. The first-order valence-electron chi connectivity index (χ1n) is 12.3. The standard InChI is InChI=1S/C28H28N4O6/c1-30-23-19-10-6-7-11-20(19)32(16-21(33)17-8-4-3-5-9-17)26(34)22(23)25(37-2)24(30)27(35)31-14-12-18(13-15-31)38-28(29)36/h3-11,18H,12-16H2,1-2H3,(H2,29,36). The van der Waals surface area contributed by atoms with Crippen LogP contribution < -0.4 is 16.0 Å². The number of rotatable bonds is 6. The van der Waals surface area contributed by atoms with Crippen LogP contribution in [0.3, 0.4) is 0 Å². The maximum Gasteiger partial charge on any atom is 0.404 e. The highest BCUT2D eigenvalue weighted by molar-refractivity contribution is 6.12. The molecule has 2 amide bonds. The van der Waals surface area contributed by atoms with E-state index in [1.807, 2.05) is 24.3 Å². The van der Waals surface area contributed by atoms with E-state index in [0.717, 1.165) is 5.39 Å². The lowest BCUT2D eigenvalue weighted by Gasteiger charge is -2.31. The van der Waals surface area contributed by atoms with Crippen LogP contribution in [0, 0.1) is 0 Å². The Kier molecular flexibility index (Phi) is 6.62. The average molecular weight is 517 g/mol. The number of carbonyl (C=O) groups excluding carboxylic acids is 3. The number of methoxy groups -OCH3 is 1. The lowest BCUT2D eigenvalue weighted by atomic mass is 10.1. The maximum absolute atomic E-state index is 13.9. The number of likely N-dealkylation sites (tertiary alicyclic amines) is 1. The zero-order valence-electron chi connectivity index (χ0n) is 21.2. The van der Waals surface area contributed by atoms with E-state index in [1.165, 1.54) is 11.7 Å². The number of ketones is 1. The van der Waals surface area contributed by atoms with Gasteiger partial charge in [-0.3, -0.25) is 19.0 Å². The maximum atomic E-state index is 13.9. The number of amides is 2. The van der Waals surface area contributed by atoms with Crippen molar-refractivity contribution in [2.75, 3.05) is 20.2 Å². The Hall–Kier alpha value is -4.60. The number of primary amides is 1. The molecule has 0 saturated carbocycles. The highest BCUT2D eigenvalue weighted by Gasteiger charge is 2.32. The molecular formula is C28H28N4O6. The Bertz CT molecular complexity index is 1610. The summed E-state index contributed by atoms with van der Waals surface area (Å²) in [5.74, 6) is -0.336. The number of benzene rings is 2. The number of nitrogens with two attached hydrogens (primary N) is 1. The van der Waals surface area contributed by atoms with E-state index >= 15 is 0 Å². The summed E-state index contributed by atoms with van der Waals surface area (Å²) in [5, 5.41) is 0.959. The fourth-order valence-corrected chi connectivity index (χ4v) is 5.27. The summed E-state index contributed by atoms with van der Waals surface area (Å²) in [5.41, 5.74) is 6.60. The number of aromatic nitrogens is 2. The first kappa shape index (κ1) is 25.1. The lowest BCUT2D eigenvalue weighted by molar-refractivity contribution is 0.0447. The number of ether oxygens (including phenoxy) is 2. The van der Waals surface area contributed by atoms with Crippen LogP contribution in [-0.2, 0) is 18.3 Å². The summed E-state index contributed by atoms with van der Waals surface area (Å²) in [4.78, 5) is 53.5. The lowest BCUT2D eigenvalue weighted by Crippen LogP contribution is -2.42. The summed E-state index contributed by atoms with van der Waals surface area (Å²) in [7, 11) is 3.15. The highest BCUT2D eigenvalue weighted by Crippen LogP contribution is 2.35. The van der Waals surface area contributed by atoms with E-state index in [-0.39, 0.29) is 41.2 Å². The number of aryl methyl sites for hydroxylation is 1. The zero-order valence-corrected chi connectivity index (χ0v) is 21.2. The Morgan fingerprint density at radius 2 is 1.66 bits per heavy atom. The van der Waals surface area contributed by atoms with Crippen molar-refractivity contribution in [3.8, 4) is 5.75 Å². The first-order valence-corrected chi connectivity index (χ1v) is 12.3. The third kappa shape index (κ3) is 4.27. The van der Waals surface area contributed by atoms with Gasteiger partial charge in [0.2, 0.25) is 0 Å².